The first-order chi connectivity index (χ1) is 11.1. The molecule has 0 radical (unpaired) electrons. The highest BCUT2D eigenvalue weighted by molar-refractivity contribution is 6.83. The van der Waals surface area contributed by atoms with E-state index in [9.17, 15) is 9.59 Å². The van der Waals surface area contributed by atoms with Gasteiger partial charge in [0.25, 0.3) is 0 Å². The lowest BCUT2D eigenvalue weighted by atomic mass is 10.1. The smallest absolute Gasteiger partial charge is 0.413 e. The quantitative estimate of drug-likeness (QED) is 0.425. The van der Waals surface area contributed by atoms with Gasteiger partial charge in [-0.05, 0) is 34.6 Å². The van der Waals surface area contributed by atoms with Crippen LogP contribution in [0.15, 0.2) is 0 Å². The van der Waals surface area contributed by atoms with Crippen LogP contribution in [0.3, 0.4) is 0 Å². The number of ether oxygens (including phenoxy) is 3. The molecule has 0 bridgehead atoms. The van der Waals surface area contributed by atoms with Crippen molar-refractivity contribution in [1.29, 1.82) is 0 Å². The predicted octanol–water partition coefficient (Wildman–Crippen LogP) is 3.17. The fourth-order valence-corrected chi connectivity index (χ4v) is 2.97. The van der Waals surface area contributed by atoms with Gasteiger partial charge in [0.1, 0.15) is 25.4 Å². The van der Waals surface area contributed by atoms with Crippen molar-refractivity contribution >= 4 is 20.1 Å². The van der Waals surface area contributed by atoms with Crippen molar-refractivity contribution in [2.45, 2.75) is 84.7 Å². The van der Waals surface area contributed by atoms with E-state index in [1.165, 1.54) is 11.8 Å². The van der Waals surface area contributed by atoms with Crippen LogP contribution in [-0.4, -0.2) is 55.1 Å². The number of esters is 1. The maximum Gasteiger partial charge on any atom is 0.413 e. The third-order valence-electron chi connectivity index (χ3n) is 3.34. The Bertz CT molecular complexity index is 577. The van der Waals surface area contributed by atoms with E-state index in [1.807, 2.05) is 0 Å². The monoisotopic (exact) mass is 369 g/mol. The highest BCUT2D eigenvalue weighted by Crippen LogP contribution is 2.31. The molecule has 0 unspecified atom stereocenters. The fourth-order valence-electron chi connectivity index (χ4n) is 2.39. The van der Waals surface area contributed by atoms with Gasteiger partial charge in [-0.15, -0.1) is 5.54 Å². The lowest BCUT2D eigenvalue weighted by molar-refractivity contribution is -0.146. The molecule has 7 heteroatoms. The van der Waals surface area contributed by atoms with Crippen LogP contribution in [0.5, 0.6) is 0 Å². The minimum atomic E-state index is -1.67. The Morgan fingerprint density at radius 3 is 2.28 bits per heavy atom. The number of hydrogen-bond acceptors (Lipinski definition) is 5. The molecule has 0 saturated carbocycles. The molecule has 2 atom stereocenters. The lowest BCUT2D eigenvalue weighted by Gasteiger charge is -2.36. The van der Waals surface area contributed by atoms with Crippen molar-refractivity contribution in [3.05, 3.63) is 0 Å². The predicted molar refractivity (Wildman–Crippen MR) is 98.6 cm³/mol. The van der Waals surface area contributed by atoms with E-state index in [1.54, 1.807) is 34.6 Å². The average Bonchev–Trinajstić information content (AvgIpc) is 2.66. The number of hydrogen-bond donors (Lipinski definition) is 0. The van der Waals surface area contributed by atoms with Crippen LogP contribution in [0.1, 0.15) is 41.5 Å². The van der Waals surface area contributed by atoms with Gasteiger partial charge in [-0.2, -0.15) is 0 Å². The number of nitrogens with zero attached hydrogens (tertiary/aromatic N) is 1. The van der Waals surface area contributed by atoms with E-state index in [0.717, 1.165) is 0 Å². The third-order valence-corrected chi connectivity index (χ3v) is 4.24. The fraction of sp³-hybridized carbons (Fsp3) is 0.778. The molecule has 6 nitrogen and oxygen atoms in total. The SMILES string of the molecule is CC(=O)O[C@H](C#C[Si](C)(C)C)[C@H]1COC(C)(C)N1C(=O)OC(C)(C)C. The Hall–Kier alpha value is -1.52. The molecule has 1 amide bonds. The van der Waals surface area contributed by atoms with Crippen molar-refractivity contribution < 1.29 is 23.8 Å². The summed E-state index contributed by atoms with van der Waals surface area (Å²) in [6.07, 6.45) is -1.26. The highest BCUT2D eigenvalue weighted by atomic mass is 28.3. The van der Waals surface area contributed by atoms with Gasteiger partial charge < -0.3 is 14.2 Å². The zero-order valence-electron chi connectivity index (χ0n) is 16.9. The second-order valence-electron chi connectivity index (χ2n) is 8.72. The summed E-state index contributed by atoms with van der Waals surface area (Å²) in [4.78, 5) is 25.8. The Labute approximate surface area is 152 Å². The molecule has 1 fully saturated rings. The van der Waals surface area contributed by atoms with Crippen LogP contribution in [-0.2, 0) is 19.0 Å². The molecule has 0 spiro atoms. The van der Waals surface area contributed by atoms with Crippen LogP contribution < -0.4 is 0 Å². The topological polar surface area (TPSA) is 65.1 Å². The molecular formula is C18H31NO5Si. The van der Waals surface area contributed by atoms with Crippen molar-refractivity contribution in [2.75, 3.05) is 6.61 Å². The van der Waals surface area contributed by atoms with Crippen molar-refractivity contribution in [1.82, 2.24) is 4.90 Å². The van der Waals surface area contributed by atoms with Gasteiger partial charge in [-0.3, -0.25) is 9.69 Å². The van der Waals surface area contributed by atoms with Gasteiger partial charge in [-0.25, -0.2) is 4.79 Å². The van der Waals surface area contributed by atoms with Crippen molar-refractivity contribution in [3.63, 3.8) is 0 Å². The number of rotatable bonds is 2. The summed E-state index contributed by atoms with van der Waals surface area (Å²) < 4.78 is 16.7. The highest BCUT2D eigenvalue weighted by Gasteiger charge is 2.49. The van der Waals surface area contributed by atoms with E-state index in [4.69, 9.17) is 14.2 Å². The second-order valence-corrected chi connectivity index (χ2v) is 13.5. The number of carbonyl (C=O) groups is 2. The minimum Gasteiger partial charge on any atom is -0.447 e. The molecule has 0 aromatic heterocycles. The Kier molecular flexibility index (Phi) is 6.35. The van der Waals surface area contributed by atoms with Gasteiger partial charge in [0, 0.05) is 6.92 Å². The van der Waals surface area contributed by atoms with E-state index in [2.05, 4.69) is 31.1 Å². The van der Waals surface area contributed by atoms with Crippen LogP contribution in [0.25, 0.3) is 0 Å². The molecule has 0 aliphatic carbocycles. The average molecular weight is 370 g/mol. The molecule has 1 rings (SSSR count). The standard InChI is InChI=1S/C18H31NO5Si/c1-13(20)23-15(10-11-25(7,8)9)14-12-22-18(5,6)19(14)16(21)24-17(2,3)4/h14-15H,12H2,1-9H3/t14-,15-/m1/s1. The van der Waals surface area contributed by atoms with Crippen LogP contribution in [0.4, 0.5) is 4.79 Å². The molecule has 25 heavy (non-hydrogen) atoms. The van der Waals surface area contributed by atoms with E-state index in [0.29, 0.717) is 0 Å². The number of carbonyl (C=O) groups excluding carboxylic acids is 2. The van der Waals surface area contributed by atoms with E-state index in [-0.39, 0.29) is 6.61 Å². The van der Waals surface area contributed by atoms with Crippen LogP contribution in [0, 0.1) is 11.5 Å². The van der Waals surface area contributed by atoms with Crippen molar-refractivity contribution in [2.24, 2.45) is 0 Å². The Balaban J connectivity index is 3.19. The zero-order chi connectivity index (χ0) is 19.6. The summed E-state index contributed by atoms with van der Waals surface area (Å²) in [5, 5.41) is 0. The first kappa shape index (κ1) is 21.5. The van der Waals surface area contributed by atoms with Gasteiger partial charge in [0.2, 0.25) is 0 Å². The molecule has 1 saturated heterocycles. The number of amides is 1. The summed E-state index contributed by atoms with van der Waals surface area (Å²) >= 11 is 0. The maximum absolute atomic E-state index is 12.7. The summed E-state index contributed by atoms with van der Waals surface area (Å²) in [6.45, 7) is 16.9. The largest absolute Gasteiger partial charge is 0.447 e. The molecule has 1 heterocycles. The Morgan fingerprint density at radius 1 is 1.28 bits per heavy atom. The van der Waals surface area contributed by atoms with Gasteiger partial charge in [0.15, 0.2) is 6.10 Å². The maximum atomic E-state index is 12.7. The molecule has 0 aromatic carbocycles. The minimum absolute atomic E-state index is 0.227. The summed E-state index contributed by atoms with van der Waals surface area (Å²) in [6, 6.07) is -0.516. The normalized spacial score (nSPS) is 21.2. The molecular weight excluding hydrogens is 338 g/mol. The molecule has 0 N–H and O–H groups in total. The first-order valence-corrected chi connectivity index (χ1v) is 12.0. The summed E-state index contributed by atoms with van der Waals surface area (Å²) in [5.74, 6) is 2.62. The van der Waals surface area contributed by atoms with E-state index >= 15 is 0 Å². The van der Waals surface area contributed by atoms with Crippen LogP contribution >= 0.6 is 0 Å². The molecule has 1 aliphatic rings. The summed E-state index contributed by atoms with van der Waals surface area (Å²) in [7, 11) is -1.67. The first-order valence-electron chi connectivity index (χ1n) is 8.48. The molecule has 0 aromatic rings. The zero-order valence-corrected chi connectivity index (χ0v) is 17.9. The Morgan fingerprint density at radius 2 is 1.84 bits per heavy atom. The lowest BCUT2D eigenvalue weighted by Crippen LogP contribution is -2.53. The van der Waals surface area contributed by atoms with Crippen molar-refractivity contribution in [3.8, 4) is 11.5 Å². The second kappa shape index (κ2) is 7.38. The van der Waals surface area contributed by atoms with Gasteiger partial charge in [0.05, 0.1) is 6.61 Å². The van der Waals surface area contributed by atoms with E-state index < -0.39 is 43.6 Å². The molecule has 142 valence electrons. The third kappa shape index (κ3) is 6.71. The summed E-state index contributed by atoms with van der Waals surface area (Å²) in [5.41, 5.74) is 1.71. The van der Waals surface area contributed by atoms with Gasteiger partial charge >= 0.3 is 12.1 Å². The molecule has 1 aliphatic heterocycles. The van der Waals surface area contributed by atoms with Crippen LogP contribution in [0.2, 0.25) is 19.6 Å². The van der Waals surface area contributed by atoms with Gasteiger partial charge in [-0.1, -0.05) is 25.6 Å².